The van der Waals surface area contributed by atoms with Gasteiger partial charge in [0.2, 0.25) is 0 Å². The molecule has 2 aromatic rings. The number of benzene rings is 2. The molecule has 0 radical (unpaired) electrons. The molecule has 4 atom stereocenters. The third-order valence-corrected chi connectivity index (χ3v) is 9.70. The minimum atomic E-state index is 0.246. The summed E-state index contributed by atoms with van der Waals surface area (Å²) in [7, 11) is 0. The van der Waals surface area contributed by atoms with Crippen molar-refractivity contribution in [3.05, 3.63) is 160 Å². The van der Waals surface area contributed by atoms with Crippen LogP contribution < -0.4 is 0 Å². The first-order valence-electron chi connectivity index (χ1n) is 17.8. The zero-order chi connectivity index (χ0) is 32.3. The summed E-state index contributed by atoms with van der Waals surface area (Å²) in [6.07, 6.45) is 33.4. The van der Waals surface area contributed by atoms with Crippen LogP contribution in [0.5, 0.6) is 0 Å². The van der Waals surface area contributed by atoms with Crippen LogP contribution >= 0.6 is 0 Å². The maximum Gasteiger partial charge on any atom is 0.123 e. The van der Waals surface area contributed by atoms with Gasteiger partial charge in [0.15, 0.2) is 0 Å². The molecule has 0 aromatic heterocycles. The van der Waals surface area contributed by atoms with E-state index in [2.05, 4.69) is 141 Å². The van der Waals surface area contributed by atoms with Gasteiger partial charge in [-0.15, -0.1) is 5.73 Å². The minimum Gasteiger partial charge on any atom is -0.458 e. The molecule has 1 fully saturated rings. The number of hydrogen-bond acceptors (Lipinski definition) is 2. The molecule has 2 heteroatoms. The second kappa shape index (κ2) is 16.5. The van der Waals surface area contributed by atoms with E-state index in [0.717, 1.165) is 56.0 Å². The number of rotatable bonds is 9. The molecule has 1 saturated carbocycles. The average molecular weight is 620 g/mol. The van der Waals surface area contributed by atoms with Gasteiger partial charge in [0.25, 0.3) is 0 Å². The van der Waals surface area contributed by atoms with Crippen LogP contribution in [0.25, 0.3) is 5.57 Å². The van der Waals surface area contributed by atoms with Crippen molar-refractivity contribution in [1.29, 1.82) is 0 Å². The van der Waals surface area contributed by atoms with Gasteiger partial charge < -0.3 is 4.74 Å². The first-order valence-corrected chi connectivity index (χ1v) is 17.8. The molecule has 4 aliphatic carbocycles. The number of nitrogens with zero attached hydrogens (tertiary/aromatic N) is 1. The maximum atomic E-state index is 6.47. The van der Waals surface area contributed by atoms with Crippen molar-refractivity contribution < 1.29 is 4.74 Å². The lowest BCUT2D eigenvalue weighted by Crippen LogP contribution is -2.16. The molecular formula is C45H49NO. The summed E-state index contributed by atoms with van der Waals surface area (Å²) in [4.78, 5) is 5.02. The van der Waals surface area contributed by atoms with Crippen molar-refractivity contribution in [2.75, 3.05) is 0 Å². The van der Waals surface area contributed by atoms with Crippen LogP contribution in [-0.4, -0.2) is 11.9 Å². The van der Waals surface area contributed by atoms with Crippen LogP contribution in [0.2, 0.25) is 0 Å². The molecule has 2 nitrogen and oxygen atoms in total. The van der Waals surface area contributed by atoms with Gasteiger partial charge in [0.05, 0.1) is 6.04 Å². The third-order valence-electron chi connectivity index (χ3n) is 9.70. The van der Waals surface area contributed by atoms with E-state index >= 15 is 0 Å². The number of ether oxygens (including phenoxy) is 1. The van der Waals surface area contributed by atoms with Crippen LogP contribution in [-0.2, 0) is 11.2 Å². The first-order chi connectivity index (χ1) is 23.1. The predicted molar refractivity (Wildman–Crippen MR) is 198 cm³/mol. The van der Waals surface area contributed by atoms with E-state index in [-0.39, 0.29) is 11.8 Å². The highest BCUT2D eigenvalue weighted by Crippen LogP contribution is 2.33. The van der Waals surface area contributed by atoms with Gasteiger partial charge in [-0.05, 0) is 117 Å². The van der Waals surface area contributed by atoms with Gasteiger partial charge in [-0.2, -0.15) is 0 Å². The molecule has 0 bridgehead atoms. The van der Waals surface area contributed by atoms with E-state index in [0.29, 0.717) is 6.04 Å². The molecule has 47 heavy (non-hydrogen) atoms. The van der Waals surface area contributed by atoms with Gasteiger partial charge in [-0.1, -0.05) is 110 Å². The summed E-state index contributed by atoms with van der Waals surface area (Å²) in [5.41, 5.74) is 11.3. The summed E-state index contributed by atoms with van der Waals surface area (Å²) in [6.45, 7) is 4.51. The number of allylic oxidation sites excluding steroid dienone is 12. The third kappa shape index (κ3) is 9.36. The van der Waals surface area contributed by atoms with E-state index in [4.69, 9.17) is 9.73 Å². The number of aryl methyl sites for hydroxylation is 1. The number of aliphatic imine (C=N–C) groups is 1. The highest BCUT2D eigenvalue weighted by Gasteiger charge is 2.21. The fourth-order valence-electron chi connectivity index (χ4n) is 7.12. The molecule has 2 aromatic carbocycles. The SMILES string of the molecule is Cc1cccc(CC=C=C(C2=CCCC=C2)C2C=CC(OC3=CCCC(C(=C=NC4CCCC(C)C4)c4ccccc4)C=C3)=CC2)c1. The Bertz CT molecular complexity index is 1710. The number of hydrogen-bond donors (Lipinski definition) is 0. The molecular weight excluding hydrogens is 571 g/mol. The normalized spacial score (nSPS) is 23.7. The van der Waals surface area contributed by atoms with Crippen LogP contribution in [0.3, 0.4) is 0 Å². The average Bonchev–Trinajstić information content (AvgIpc) is 3.34. The second-order valence-corrected chi connectivity index (χ2v) is 13.6. The molecule has 0 aliphatic heterocycles. The Hall–Kier alpha value is -4.35. The Balaban J connectivity index is 1.14. The highest BCUT2D eigenvalue weighted by molar-refractivity contribution is 5.91. The van der Waals surface area contributed by atoms with Gasteiger partial charge in [-0.25, -0.2) is 4.99 Å². The minimum absolute atomic E-state index is 0.246. The molecule has 0 heterocycles. The maximum absolute atomic E-state index is 6.47. The van der Waals surface area contributed by atoms with Crippen molar-refractivity contribution in [3.8, 4) is 0 Å². The first kappa shape index (κ1) is 32.6. The zero-order valence-corrected chi connectivity index (χ0v) is 28.2. The summed E-state index contributed by atoms with van der Waals surface area (Å²) in [5.74, 6) is 6.68. The van der Waals surface area contributed by atoms with Crippen molar-refractivity contribution in [2.24, 2.45) is 22.7 Å². The smallest absolute Gasteiger partial charge is 0.123 e. The Morgan fingerprint density at radius 1 is 0.851 bits per heavy atom. The quantitative estimate of drug-likeness (QED) is 0.202. The standard InChI is InChI=1S/C45H49NO/c1-34-13-9-15-36(31-34)16-11-24-44(37-17-5-3-6-18-37)40-26-29-43(30-27-40)47-42-23-12-21-39(25-28-42)45(38-19-7-4-8-20-38)33-46-41-22-10-14-35(2)32-41/h4-5,7-9,11,13,15,17-20,23,25-26,28-31,35,39-41H,3,6,10,12,14,16,21-22,27,32H2,1-2H3. The fourth-order valence-corrected chi connectivity index (χ4v) is 7.12. The topological polar surface area (TPSA) is 21.6 Å². The van der Waals surface area contributed by atoms with Crippen molar-refractivity contribution in [1.82, 2.24) is 0 Å². The lowest BCUT2D eigenvalue weighted by molar-refractivity contribution is 0.329. The Morgan fingerprint density at radius 3 is 2.47 bits per heavy atom. The summed E-state index contributed by atoms with van der Waals surface area (Å²) >= 11 is 0. The van der Waals surface area contributed by atoms with E-state index in [1.165, 1.54) is 59.1 Å². The molecule has 4 unspecified atom stereocenters. The van der Waals surface area contributed by atoms with Crippen molar-refractivity contribution in [3.63, 3.8) is 0 Å². The predicted octanol–water partition coefficient (Wildman–Crippen LogP) is 11.6. The van der Waals surface area contributed by atoms with Crippen LogP contribution in [0.1, 0.15) is 81.4 Å². The summed E-state index contributed by atoms with van der Waals surface area (Å²) in [5, 5.41) is 0. The largest absolute Gasteiger partial charge is 0.458 e. The van der Waals surface area contributed by atoms with Gasteiger partial charge in [0, 0.05) is 23.0 Å². The fraction of sp³-hybridized carbons (Fsp3) is 0.356. The van der Waals surface area contributed by atoms with Crippen LogP contribution in [0.15, 0.2) is 149 Å². The van der Waals surface area contributed by atoms with E-state index < -0.39 is 0 Å². The monoisotopic (exact) mass is 619 g/mol. The van der Waals surface area contributed by atoms with E-state index in [9.17, 15) is 0 Å². The molecule has 6 rings (SSSR count). The molecule has 0 spiro atoms. The van der Waals surface area contributed by atoms with Crippen LogP contribution in [0.4, 0.5) is 0 Å². The van der Waals surface area contributed by atoms with Gasteiger partial charge >= 0.3 is 0 Å². The highest BCUT2D eigenvalue weighted by atomic mass is 16.5. The Kier molecular flexibility index (Phi) is 11.4. The lowest BCUT2D eigenvalue weighted by Gasteiger charge is -2.23. The Morgan fingerprint density at radius 2 is 1.70 bits per heavy atom. The van der Waals surface area contributed by atoms with Crippen molar-refractivity contribution in [2.45, 2.75) is 84.1 Å². The lowest BCUT2D eigenvalue weighted by atomic mass is 9.85. The van der Waals surface area contributed by atoms with Crippen LogP contribution in [0, 0.1) is 24.7 Å². The van der Waals surface area contributed by atoms with Gasteiger partial charge in [0.1, 0.15) is 11.5 Å². The summed E-state index contributed by atoms with van der Waals surface area (Å²) in [6, 6.07) is 19.8. The van der Waals surface area contributed by atoms with Gasteiger partial charge in [-0.3, -0.25) is 0 Å². The molecule has 0 N–H and O–H groups in total. The molecule has 240 valence electrons. The summed E-state index contributed by atoms with van der Waals surface area (Å²) < 4.78 is 6.47. The second-order valence-electron chi connectivity index (χ2n) is 13.6. The molecule has 0 saturated heterocycles. The van der Waals surface area contributed by atoms with E-state index in [1.807, 2.05) is 0 Å². The van der Waals surface area contributed by atoms with E-state index in [1.54, 1.807) is 0 Å². The van der Waals surface area contributed by atoms with Crippen molar-refractivity contribution >= 4 is 11.4 Å². The molecule has 4 aliphatic rings. The molecule has 0 amide bonds. The Labute approximate surface area is 282 Å². The zero-order valence-electron chi connectivity index (χ0n) is 28.2.